The molecule has 0 aliphatic carbocycles. The van der Waals surface area contributed by atoms with E-state index < -0.39 is 0 Å². The Hall–Kier alpha value is -4.25. The van der Waals surface area contributed by atoms with Gasteiger partial charge in [-0.25, -0.2) is 4.98 Å². The zero-order valence-electron chi connectivity index (χ0n) is 20.6. The number of hydrogen-bond donors (Lipinski definition) is 1. The van der Waals surface area contributed by atoms with E-state index in [1.54, 1.807) is 19.4 Å². The molecule has 4 aromatic rings. The highest BCUT2D eigenvalue weighted by Crippen LogP contribution is 2.30. The summed E-state index contributed by atoms with van der Waals surface area (Å²) in [4.78, 5) is 24.8. The van der Waals surface area contributed by atoms with Crippen molar-refractivity contribution in [3.8, 4) is 28.1 Å². The first-order valence-corrected chi connectivity index (χ1v) is 12.8. The Labute approximate surface area is 218 Å². The number of nitrogens with zero attached hydrogens (tertiary/aromatic N) is 6. The molecule has 0 saturated carbocycles. The van der Waals surface area contributed by atoms with E-state index in [1.807, 2.05) is 60.4 Å². The molecule has 2 aromatic heterocycles. The van der Waals surface area contributed by atoms with Gasteiger partial charge in [0.15, 0.2) is 0 Å². The van der Waals surface area contributed by atoms with E-state index in [2.05, 4.69) is 30.4 Å². The first kappa shape index (κ1) is 24.4. The van der Waals surface area contributed by atoms with Crippen molar-refractivity contribution in [2.24, 2.45) is 0 Å². The summed E-state index contributed by atoms with van der Waals surface area (Å²) >= 11 is 1.42. The first-order valence-electron chi connectivity index (χ1n) is 12.0. The molecule has 0 unspecified atom stereocenters. The second kappa shape index (κ2) is 11.2. The molecule has 37 heavy (non-hydrogen) atoms. The van der Waals surface area contributed by atoms with Gasteiger partial charge in [-0.3, -0.25) is 4.79 Å². The number of nitrogens with one attached hydrogen (secondary N) is 1. The van der Waals surface area contributed by atoms with Gasteiger partial charge in [-0.05, 0) is 42.5 Å². The standard InChI is InChI=1S/C26H27N7O3S/c1-3-23(34)33-15-13-32(14-16-33)19-5-4-6-21(17-19)36-25-27-12-11-22(28-25)29-26-31-30-24(37-26)18-7-9-20(35-2)10-8-18/h4-12,17H,3,13-16H2,1-2H3,(H,27,28,29,31). The van der Waals surface area contributed by atoms with Crippen LogP contribution in [-0.2, 0) is 4.79 Å². The fourth-order valence-corrected chi connectivity index (χ4v) is 4.74. The minimum Gasteiger partial charge on any atom is -0.497 e. The number of benzene rings is 2. The fourth-order valence-electron chi connectivity index (χ4n) is 3.98. The van der Waals surface area contributed by atoms with Gasteiger partial charge in [-0.1, -0.05) is 24.3 Å². The Morgan fingerprint density at radius 3 is 2.59 bits per heavy atom. The predicted octanol–water partition coefficient (Wildman–Crippen LogP) is 4.60. The van der Waals surface area contributed by atoms with Gasteiger partial charge in [0.05, 0.1) is 7.11 Å². The van der Waals surface area contributed by atoms with Crippen LogP contribution < -0.4 is 19.7 Å². The van der Waals surface area contributed by atoms with E-state index in [9.17, 15) is 4.79 Å². The Bertz CT molecular complexity index is 1350. The van der Waals surface area contributed by atoms with E-state index >= 15 is 0 Å². The van der Waals surface area contributed by atoms with E-state index in [0.29, 0.717) is 23.1 Å². The van der Waals surface area contributed by atoms with Crippen LogP contribution in [0.5, 0.6) is 17.5 Å². The monoisotopic (exact) mass is 517 g/mol. The average Bonchev–Trinajstić information content (AvgIpc) is 3.41. The fraction of sp³-hybridized carbons (Fsp3) is 0.269. The molecule has 10 nitrogen and oxygen atoms in total. The first-order chi connectivity index (χ1) is 18.1. The van der Waals surface area contributed by atoms with Crippen LogP contribution in [0.15, 0.2) is 60.8 Å². The lowest BCUT2D eigenvalue weighted by atomic mass is 10.2. The number of aromatic nitrogens is 4. The molecule has 11 heteroatoms. The van der Waals surface area contributed by atoms with Crippen molar-refractivity contribution in [2.75, 3.05) is 43.5 Å². The van der Waals surface area contributed by atoms with Gasteiger partial charge in [-0.15, -0.1) is 10.2 Å². The number of piperazine rings is 1. The largest absolute Gasteiger partial charge is 0.497 e. The molecule has 1 aliphatic heterocycles. The van der Waals surface area contributed by atoms with Crippen molar-refractivity contribution in [2.45, 2.75) is 13.3 Å². The molecular formula is C26H27N7O3S. The highest BCUT2D eigenvalue weighted by atomic mass is 32.1. The lowest BCUT2D eigenvalue weighted by Gasteiger charge is -2.36. The van der Waals surface area contributed by atoms with E-state index in [-0.39, 0.29) is 11.9 Å². The zero-order valence-corrected chi connectivity index (χ0v) is 21.4. The van der Waals surface area contributed by atoms with Gasteiger partial charge in [0, 0.05) is 56.1 Å². The number of carbonyl (C=O) groups is 1. The van der Waals surface area contributed by atoms with Crippen molar-refractivity contribution in [3.63, 3.8) is 0 Å². The molecular weight excluding hydrogens is 490 g/mol. The molecule has 0 atom stereocenters. The number of anilines is 3. The summed E-state index contributed by atoms with van der Waals surface area (Å²) in [5.41, 5.74) is 1.99. The lowest BCUT2D eigenvalue weighted by molar-refractivity contribution is -0.131. The molecule has 2 aromatic carbocycles. The zero-order chi connectivity index (χ0) is 25.6. The van der Waals surface area contributed by atoms with Crippen molar-refractivity contribution in [3.05, 3.63) is 60.8 Å². The molecule has 0 spiro atoms. The van der Waals surface area contributed by atoms with E-state index in [1.165, 1.54) is 11.3 Å². The smallest absolute Gasteiger partial charge is 0.323 e. The van der Waals surface area contributed by atoms with E-state index in [4.69, 9.17) is 9.47 Å². The maximum Gasteiger partial charge on any atom is 0.323 e. The maximum atomic E-state index is 12.0. The molecule has 190 valence electrons. The number of hydrogen-bond acceptors (Lipinski definition) is 10. The van der Waals surface area contributed by atoms with Gasteiger partial charge in [0.1, 0.15) is 22.3 Å². The Morgan fingerprint density at radius 2 is 1.84 bits per heavy atom. The predicted molar refractivity (Wildman–Crippen MR) is 143 cm³/mol. The number of rotatable bonds is 8. The summed E-state index contributed by atoms with van der Waals surface area (Å²) in [6.07, 6.45) is 2.17. The van der Waals surface area contributed by atoms with Gasteiger partial charge in [0.25, 0.3) is 0 Å². The third kappa shape index (κ3) is 5.95. The molecule has 1 N–H and O–H groups in total. The molecule has 1 fully saturated rings. The van der Waals surface area contributed by atoms with Crippen molar-refractivity contribution in [1.82, 2.24) is 25.1 Å². The quantitative estimate of drug-likeness (QED) is 0.359. The summed E-state index contributed by atoms with van der Waals surface area (Å²) in [5, 5.41) is 13.1. The van der Waals surface area contributed by atoms with Crippen LogP contribution in [0.1, 0.15) is 13.3 Å². The summed E-state index contributed by atoms with van der Waals surface area (Å²) < 4.78 is 11.2. The Kier molecular flexibility index (Phi) is 7.41. The van der Waals surface area contributed by atoms with Gasteiger partial charge in [-0.2, -0.15) is 4.98 Å². The molecule has 1 amide bonds. The van der Waals surface area contributed by atoms with Crippen molar-refractivity contribution in [1.29, 1.82) is 0 Å². The van der Waals surface area contributed by atoms with Gasteiger partial charge < -0.3 is 24.6 Å². The van der Waals surface area contributed by atoms with Crippen LogP contribution in [0, 0.1) is 0 Å². The van der Waals surface area contributed by atoms with Crippen LogP contribution in [-0.4, -0.2) is 64.3 Å². The Morgan fingerprint density at radius 1 is 1.03 bits per heavy atom. The highest BCUT2D eigenvalue weighted by molar-refractivity contribution is 7.18. The van der Waals surface area contributed by atoms with Crippen LogP contribution in [0.2, 0.25) is 0 Å². The normalized spacial score (nSPS) is 13.4. The summed E-state index contributed by atoms with van der Waals surface area (Å²) in [6, 6.07) is 17.5. The number of ether oxygens (including phenoxy) is 2. The highest BCUT2D eigenvalue weighted by Gasteiger charge is 2.20. The summed E-state index contributed by atoms with van der Waals surface area (Å²) in [7, 11) is 1.64. The topological polar surface area (TPSA) is 106 Å². The van der Waals surface area contributed by atoms with Crippen molar-refractivity contribution >= 4 is 33.9 Å². The van der Waals surface area contributed by atoms with Crippen LogP contribution in [0.4, 0.5) is 16.6 Å². The van der Waals surface area contributed by atoms with Crippen LogP contribution in [0.25, 0.3) is 10.6 Å². The molecule has 5 rings (SSSR count). The molecule has 0 radical (unpaired) electrons. The SMILES string of the molecule is CCC(=O)N1CCN(c2cccc(Oc3nccc(Nc4nnc(-c5ccc(OC)cc5)s4)n3)c2)CC1. The number of methoxy groups -OCH3 is 1. The van der Waals surface area contributed by atoms with Gasteiger partial charge in [0.2, 0.25) is 11.0 Å². The maximum absolute atomic E-state index is 12.0. The average molecular weight is 518 g/mol. The minimum atomic E-state index is 0.202. The number of carbonyl (C=O) groups excluding carboxylic acids is 1. The molecule has 3 heterocycles. The van der Waals surface area contributed by atoms with E-state index in [0.717, 1.165) is 48.2 Å². The lowest BCUT2D eigenvalue weighted by Crippen LogP contribution is -2.48. The molecule has 1 saturated heterocycles. The van der Waals surface area contributed by atoms with Crippen LogP contribution in [0.3, 0.4) is 0 Å². The van der Waals surface area contributed by atoms with Gasteiger partial charge >= 0.3 is 6.01 Å². The summed E-state index contributed by atoms with van der Waals surface area (Å²) in [5.74, 6) is 2.18. The Balaban J connectivity index is 1.22. The third-order valence-electron chi connectivity index (χ3n) is 5.96. The number of amides is 1. The second-order valence-electron chi connectivity index (χ2n) is 8.31. The minimum absolute atomic E-state index is 0.202. The second-order valence-corrected chi connectivity index (χ2v) is 9.29. The van der Waals surface area contributed by atoms with Crippen LogP contribution >= 0.6 is 11.3 Å². The molecule has 1 aliphatic rings. The third-order valence-corrected chi connectivity index (χ3v) is 6.84. The summed E-state index contributed by atoms with van der Waals surface area (Å²) in [6.45, 7) is 4.91. The van der Waals surface area contributed by atoms with Crippen molar-refractivity contribution < 1.29 is 14.3 Å². The molecule has 0 bridgehead atoms.